The third-order valence-corrected chi connectivity index (χ3v) is 5.13. The molecule has 0 aliphatic heterocycles. The van der Waals surface area contributed by atoms with E-state index in [4.69, 9.17) is 5.73 Å². The lowest BCUT2D eigenvalue weighted by molar-refractivity contribution is 0.108. The molecule has 3 unspecified atom stereocenters. The van der Waals surface area contributed by atoms with Gasteiger partial charge in [0, 0.05) is 5.54 Å². The summed E-state index contributed by atoms with van der Waals surface area (Å²) in [6.45, 7) is 9.26. The molecule has 0 aromatic heterocycles. The molecule has 1 aliphatic carbocycles. The molecule has 0 amide bonds. The van der Waals surface area contributed by atoms with Gasteiger partial charge in [0.1, 0.15) is 0 Å². The first-order chi connectivity index (χ1) is 9.47. The van der Waals surface area contributed by atoms with E-state index in [1.54, 1.807) is 0 Å². The summed E-state index contributed by atoms with van der Waals surface area (Å²) in [4.78, 5) is 0. The van der Waals surface area contributed by atoms with Crippen LogP contribution < -0.4 is 5.73 Å². The second-order valence-corrected chi connectivity index (χ2v) is 7.23. The molecule has 0 saturated heterocycles. The van der Waals surface area contributed by atoms with Crippen LogP contribution in [0, 0.1) is 17.8 Å². The molecule has 1 saturated carbocycles. The van der Waals surface area contributed by atoms with E-state index in [0.29, 0.717) is 11.8 Å². The molecule has 0 bridgehead atoms. The molecule has 1 fully saturated rings. The maximum absolute atomic E-state index is 6.98. The lowest BCUT2D eigenvalue weighted by Gasteiger charge is -2.46. The normalized spacial score (nSPS) is 30.7. The molecule has 1 aliphatic rings. The van der Waals surface area contributed by atoms with Crippen molar-refractivity contribution in [2.45, 2.75) is 65.3 Å². The van der Waals surface area contributed by atoms with Gasteiger partial charge in [0.05, 0.1) is 0 Å². The number of benzene rings is 1. The average molecular weight is 273 g/mol. The van der Waals surface area contributed by atoms with Crippen LogP contribution in [-0.4, -0.2) is 0 Å². The van der Waals surface area contributed by atoms with Crippen LogP contribution in [0.1, 0.15) is 64.5 Å². The SMILES string of the molecule is CCCc1cccc(C2(N)CC(C)CCC2C(C)C)c1. The quantitative estimate of drug-likeness (QED) is 0.831. The largest absolute Gasteiger partial charge is 0.321 e. The van der Waals surface area contributed by atoms with E-state index in [1.807, 2.05) is 0 Å². The Balaban J connectivity index is 2.36. The summed E-state index contributed by atoms with van der Waals surface area (Å²) in [5, 5.41) is 0. The van der Waals surface area contributed by atoms with E-state index in [1.165, 1.54) is 30.4 Å². The van der Waals surface area contributed by atoms with E-state index >= 15 is 0 Å². The predicted octanol–water partition coefficient (Wildman–Crippen LogP) is 4.89. The van der Waals surface area contributed by atoms with Gasteiger partial charge in [-0.1, -0.05) is 64.8 Å². The highest BCUT2D eigenvalue weighted by Gasteiger charge is 2.42. The zero-order valence-electron chi connectivity index (χ0n) is 13.7. The number of hydrogen-bond donors (Lipinski definition) is 1. The Bertz CT molecular complexity index is 437. The van der Waals surface area contributed by atoms with Crippen molar-refractivity contribution in [1.82, 2.24) is 0 Å². The minimum absolute atomic E-state index is 0.129. The van der Waals surface area contributed by atoms with Gasteiger partial charge in [-0.2, -0.15) is 0 Å². The second kappa shape index (κ2) is 6.30. The zero-order chi connectivity index (χ0) is 14.8. The molecule has 112 valence electrons. The highest BCUT2D eigenvalue weighted by atomic mass is 14.8. The van der Waals surface area contributed by atoms with Gasteiger partial charge in [-0.05, 0) is 48.1 Å². The fourth-order valence-electron chi connectivity index (χ4n) is 4.12. The summed E-state index contributed by atoms with van der Waals surface area (Å²) in [5.74, 6) is 2.00. The van der Waals surface area contributed by atoms with E-state index in [0.717, 1.165) is 18.8 Å². The van der Waals surface area contributed by atoms with Crippen LogP contribution in [0.25, 0.3) is 0 Å². The minimum Gasteiger partial charge on any atom is -0.321 e. The van der Waals surface area contributed by atoms with Crippen LogP contribution in [0.4, 0.5) is 0 Å². The first-order valence-electron chi connectivity index (χ1n) is 8.35. The molecule has 2 rings (SSSR count). The van der Waals surface area contributed by atoms with Crippen LogP contribution >= 0.6 is 0 Å². The molecule has 0 heterocycles. The topological polar surface area (TPSA) is 26.0 Å². The van der Waals surface area contributed by atoms with Crippen LogP contribution in [0.15, 0.2) is 24.3 Å². The van der Waals surface area contributed by atoms with Gasteiger partial charge in [-0.3, -0.25) is 0 Å². The van der Waals surface area contributed by atoms with Crippen molar-refractivity contribution in [2.24, 2.45) is 23.5 Å². The molecule has 0 spiro atoms. The Morgan fingerprint density at radius 3 is 2.70 bits per heavy atom. The summed E-state index contributed by atoms with van der Waals surface area (Å²) >= 11 is 0. The van der Waals surface area contributed by atoms with Crippen molar-refractivity contribution in [1.29, 1.82) is 0 Å². The zero-order valence-corrected chi connectivity index (χ0v) is 13.7. The number of nitrogens with two attached hydrogens (primary N) is 1. The lowest BCUT2D eigenvalue weighted by atomic mass is 9.62. The monoisotopic (exact) mass is 273 g/mol. The highest BCUT2D eigenvalue weighted by Crippen LogP contribution is 2.45. The smallest absolute Gasteiger partial charge is 0.0443 e. The molecular weight excluding hydrogens is 242 g/mol. The average Bonchev–Trinajstić information content (AvgIpc) is 2.39. The first kappa shape index (κ1) is 15.6. The maximum Gasteiger partial charge on any atom is 0.0443 e. The summed E-state index contributed by atoms with van der Waals surface area (Å²) in [6, 6.07) is 9.07. The van der Waals surface area contributed by atoms with Gasteiger partial charge in [-0.25, -0.2) is 0 Å². The Morgan fingerprint density at radius 1 is 1.30 bits per heavy atom. The number of aryl methyl sites for hydroxylation is 1. The lowest BCUT2D eigenvalue weighted by Crippen LogP contribution is -2.50. The van der Waals surface area contributed by atoms with Gasteiger partial charge in [0.25, 0.3) is 0 Å². The van der Waals surface area contributed by atoms with Gasteiger partial charge in [-0.15, -0.1) is 0 Å². The van der Waals surface area contributed by atoms with E-state index in [-0.39, 0.29) is 5.54 Å². The maximum atomic E-state index is 6.98. The summed E-state index contributed by atoms with van der Waals surface area (Å²) in [5.41, 5.74) is 9.66. The Labute approximate surface area is 125 Å². The first-order valence-corrected chi connectivity index (χ1v) is 8.35. The van der Waals surface area contributed by atoms with Crippen molar-refractivity contribution < 1.29 is 0 Å². The Hall–Kier alpha value is -0.820. The van der Waals surface area contributed by atoms with Crippen LogP contribution in [0.2, 0.25) is 0 Å². The third-order valence-electron chi connectivity index (χ3n) is 5.13. The van der Waals surface area contributed by atoms with Gasteiger partial charge < -0.3 is 5.73 Å². The molecule has 1 nitrogen and oxygen atoms in total. The fourth-order valence-corrected chi connectivity index (χ4v) is 4.12. The van der Waals surface area contributed by atoms with E-state index in [9.17, 15) is 0 Å². The number of rotatable bonds is 4. The van der Waals surface area contributed by atoms with Gasteiger partial charge in [0.2, 0.25) is 0 Å². The van der Waals surface area contributed by atoms with E-state index < -0.39 is 0 Å². The highest BCUT2D eigenvalue weighted by molar-refractivity contribution is 5.31. The van der Waals surface area contributed by atoms with E-state index in [2.05, 4.69) is 52.0 Å². The van der Waals surface area contributed by atoms with Gasteiger partial charge in [0.15, 0.2) is 0 Å². The number of hydrogen-bond acceptors (Lipinski definition) is 1. The molecule has 1 heteroatoms. The summed E-state index contributed by atoms with van der Waals surface area (Å²) in [7, 11) is 0. The van der Waals surface area contributed by atoms with Crippen LogP contribution in [0.3, 0.4) is 0 Å². The molecule has 2 N–H and O–H groups in total. The standard InChI is InChI=1S/C19H31N/c1-5-7-16-8-6-9-17(12-16)19(20)13-15(4)10-11-18(19)14(2)3/h6,8-9,12,14-15,18H,5,7,10-11,13,20H2,1-4H3. The molecule has 20 heavy (non-hydrogen) atoms. The van der Waals surface area contributed by atoms with Crippen molar-refractivity contribution in [3.63, 3.8) is 0 Å². The Kier molecular flexibility index (Phi) is 4.90. The fraction of sp³-hybridized carbons (Fsp3) is 0.684. The van der Waals surface area contributed by atoms with Crippen molar-refractivity contribution in [3.8, 4) is 0 Å². The van der Waals surface area contributed by atoms with Gasteiger partial charge >= 0.3 is 0 Å². The molecule has 1 aromatic rings. The van der Waals surface area contributed by atoms with Crippen molar-refractivity contribution in [2.75, 3.05) is 0 Å². The van der Waals surface area contributed by atoms with Crippen molar-refractivity contribution >= 4 is 0 Å². The molecule has 0 radical (unpaired) electrons. The molecule has 1 aromatic carbocycles. The predicted molar refractivity (Wildman–Crippen MR) is 87.6 cm³/mol. The van der Waals surface area contributed by atoms with Crippen molar-refractivity contribution in [3.05, 3.63) is 35.4 Å². The molecular formula is C19H31N. The summed E-state index contributed by atoms with van der Waals surface area (Å²) < 4.78 is 0. The minimum atomic E-state index is -0.129. The second-order valence-electron chi connectivity index (χ2n) is 7.23. The van der Waals surface area contributed by atoms with Crippen LogP contribution in [0.5, 0.6) is 0 Å². The third kappa shape index (κ3) is 3.09. The van der Waals surface area contributed by atoms with Crippen LogP contribution in [-0.2, 0) is 12.0 Å². The Morgan fingerprint density at radius 2 is 2.05 bits per heavy atom. The summed E-state index contributed by atoms with van der Waals surface area (Å²) in [6.07, 6.45) is 6.09. The molecule has 3 atom stereocenters.